The van der Waals surface area contributed by atoms with Gasteiger partial charge in [0.25, 0.3) is 0 Å². The van der Waals surface area contributed by atoms with Crippen molar-refractivity contribution in [3.05, 3.63) is 0 Å². The van der Waals surface area contributed by atoms with Crippen LogP contribution in [-0.4, -0.2) is 0 Å². The Kier molecular flexibility index (Phi) is 3.36. The zero-order chi connectivity index (χ0) is 14.6. The molecule has 0 radical (unpaired) electrons. The molecular weight excluding hydrogens is 254 g/mol. The lowest BCUT2D eigenvalue weighted by molar-refractivity contribution is -0.0503. The molecule has 4 saturated carbocycles. The smallest absolute Gasteiger partial charge is 0.0661 e. The van der Waals surface area contributed by atoms with Gasteiger partial charge in [0.1, 0.15) is 0 Å². The Balaban J connectivity index is 1.55. The van der Waals surface area contributed by atoms with E-state index in [2.05, 4.69) is 19.9 Å². The molecule has 1 heteroatoms. The first-order chi connectivity index (χ1) is 10.1. The van der Waals surface area contributed by atoms with Crippen LogP contribution < -0.4 is 0 Å². The van der Waals surface area contributed by atoms with E-state index in [9.17, 15) is 5.26 Å². The fourth-order valence-corrected chi connectivity index (χ4v) is 7.14. The second-order valence-electron chi connectivity index (χ2n) is 9.25. The van der Waals surface area contributed by atoms with Crippen molar-refractivity contribution in [3.8, 4) is 6.07 Å². The molecule has 0 aromatic heterocycles. The Bertz CT molecular complexity index is 449. The summed E-state index contributed by atoms with van der Waals surface area (Å²) in [6, 6.07) is 2.66. The molecule has 0 N–H and O–H groups in total. The van der Waals surface area contributed by atoms with Crippen LogP contribution in [0.4, 0.5) is 0 Å². The van der Waals surface area contributed by atoms with Crippen LogP contribution in [0.5, 0.6) is 0 Å². The molecule has 0 amide bonds. The highest BCUT2D eigenvalue weighted by Gasteiger charge is 2.55. The maximum Gasteiger partial charge on any atom is 0.0661 e. The van der Waals surface area contributed by atoms with Crippen molar-refractivity contribution in [1.82, 2.24) is 0 Å². The molecule has 0 bridgehead atoms. The molecule has 0 unspecified atom stereocenters. The summed E-state index contributed by atoms with van der Waals surface area (Å²) in [5, 5.41) is 9.53. The summed E-state index contributed by atoms with van der Waals surface area (Å²) in [7, 11) is 0. The Hall–Kier alpha value is -0.510. The molecule has 4 aliphatic carbocycles. The quantitative estimate of drug-likeness (QED) is 0.583. The average molecular weight is 285 g/mol. The van der Waals surface area contributed by atoms with Gasteiger partial charge in [-0.15, -0.1) is 0 Å². The highest BCUT2D eigenvalue weighted by Crippen LogP contribution is 2.63. The van der Waals surface area contributed by atoms with Crippen molar-refractivity contribution >= 4 is 0 Å². The van der Waals surface area contributed by atoms with E-state index in [0.29, 0.717) is 11.3 Å². The number of fused-ring (bicyclic) bond motifs is 4. The summed E-state index contributed by atoms with van der Waals surface area (Å²) in [6.45, 7) is 4.93. The van der Waals surface area contributed by atoms with Crippen molar-refractivity contribution in [2.24, 2.45) is 46.8 Å². The number of rotatable bonds is 0. The number of nitrogens with zero attached hydrogens (tertiary/aromatic N) is 1. The van der Waals surface area contributed by atoms with E-state index >= 15 is 0 Å². The van der Waals surface area contributed by atoms with E-state index in [0.717, 1.165) is 35.5 Å². The molecular formula is C20H31N. The van der Waals surface area contributed by atoms with Crippen molar-refractivity contribution in [2.75, 3.05) is 0 Å². The van der Waals surface area contributed by atoms with E-state index in [1.165, 1.54) is 57.8 Å². The van der Waals surface area contributed by atoms with Gasteiger partial charge >= 0.3 is 0 Å². The third-order valence-electron chi connectivity index (χ3n) is 8.31. The standard InChI is InChI=1S/C20H31N/c1-13-3-8-18-14(9-13)4-5-15-11-20(2)16(10-19(15)18)6-7-17(20)12-21/h13-19H,3-11H2,1-2H3/t13-,14+,15+,16-,17+,18+,19+,20-/m1/s1. The first-order valence-corrected chi connectivity index (χ1v) is 9.51. The summed E-state index contributed by atoms with van der Waals surface area (Å²) in [6.07, 6.45) is 12.8. The molecule has 0 saturated heterocycles. The minimum absolute atomic E-state index is 0.354. The zero-order valence-corrected chi connectivity index (χ0v) is 13.9. The van der Waals surface area contributed by atoms with Gasteiger partial charge in [0.15, 0.2) is 0 Å². The molecule has 0 spiro atoms. The van der Waals surface area contributed by atoms with Gasteiger partial charge in [-0.25, -0.2) is 0 Å². The number of hydrogen-bond acceptors (Lipinski definition) is 1. The highest BCUT2D eigenvalue weighted by atomic mass is 14.6. The molecule has 1 nitrogen and oxygen atoms in total. The molecule has 21 heavy (non-hydrogen) atoms. The lowest BCUT2D eigenvalue weighted by atomic mass is 9.50. The number of hydrogen-bond donors (Lipinski definition) is 0. The molecule has 4 fully saturated rings. The predicted molar refractivity (Wildman–Crippen MR) is 85.4 cm³/mol. The first-order valence-electron chi connectivity index (χ1n) is 9.51. The van der Waals surface area contributed by atoms with E-state index in [4.69, 9.17) is 0 Å². The molecule has 4 aliphatic rings. The van der Waals surface area contributed by atoms with Gasteiger partial charge in [-0.2, -0.15) is 5.26 Å². The van der Waals surface area contributed by atoms with Crippen LogP contribution in [0.15, 0.2) is 0 Å². The van der Waals surface area contributed by atoms with Crippen LogP contribution in [-0.2, 0) is 0 Å². The molecule has 0 aromatic carbocycles. The van der Waals surface area contributed by atoms with Crippen LogP contribution in [0.3, 0.4) is 0 Å². The van der Waals surface area contributed by atoms with E-state index < -0.39 is 0 Å². The Morgan fingerprint density at radius 1 is 0.905 bits per heavy atom. The second-order valence-corrected chi connectivity index (χ2v) is 9.25. The summed E-state index contributed by atoms with van der Waals surface area (Å²) in [4.78, 5) is 0. The van der Waals surface area contributed by atoms with Gasteiger partial charge in [0.2, 0.25) is 0 Å². The normalized spacial score (nSPS) is 56.0. The van der Waals surface area contributed by atoms with Crippen LogP contribution in [0, 0.1) is 58.2 Å². The van der Waals surface area contributed by atoms with Crippen LogP contribution >= 0.6 is 0 Å². The zero-order valence-electron chi connectivity index (χ0n) is 13.9. The topological polar surface area (TPSA) is 23.8 Å². The fraction of sp³-hybridized carbons (Fsp3) is 0.950. The summed E-state index contributed by atoms with van der Waals surface area (Å²) in [5.41, 5.74) is 0.366. The Morgan fingerprint density at radius 3 is 2.52 bits per heavy atom. The van der Waals surface area contributed by atoms with Crippen molar-refractivity contribution in [3.63, 3.8) is 0 Å². The minimum Gasteiger partial charge on any atom is -0.198 e. The third-order valence-corrected chi connectivity index (χ3v) is 8.31. The lowest BCUT2D eigenvalue weighted by Gasteiger charge is -2.55. The summed E-state index contributed by atoms with van der Waals surface area (Å²) < 4.78 is 0. The van der Waals surface area contributed by atoms with E-state index in [1.807, 2.05) is 0 Å². The molecule has 0 aliphatic heterocycles. The SMILES string of the molecule is C[C@@H]1CC[C@H]2[C@@H](CC[C@H]3C[C@]4(C)[C@H](CC[C@H]4C#N)C[C@@H]32)C1. The van der Waals surface area contributed by atoms with E-state index in [-0.39, 0.29) is 0 Å². The van der Waals surface area contributed by atoms with Gasteiger partial charge in [0, 0.05) is 0 Å². The molecule has 0 heterocycles. The monoisotopic (exact) mass is 285 g/mol. The van der Waals surface area contributed by atoms with Gasteiger partial charge in [0.05, 0.1) is 12.0 Å². The molecule has 0 aromatic rings. The summed E-state index contributed by atoms with van der Waals surface area (Å²) in [5.74, 6) is 6.26. The predicted octanol–water partition coefficient (Wildman–Crippen LogP) is 5.41. The number of nitriles is 1. The highest BCUT2D eigenvalue weighted by molar-refractivity contribution is 5.09. The maximum absolute atomic E-state index is 9.53. The molecule has 8 atom stereocenters. The summed E-state index contributed by atoms with van der Waals surface area (Å²) >= 11 is 0. The second kappa shape index (κ2) is 5.00. The minimum atomic E-state index is 0.354. The van der Waals surface area contributed by atoms with Gasteiger partial charge in [-0.1, -0.05) is 20.3 Å². The maximum atomic E-state index is 9.53. The lowest BCUT2D eigenvalue weighted by Crippen LogP contribution is -2.47. The molecule has 4 rings (SSSR count). The average Bonchev–Trinajstić information content (AvgIpc) is 2.80. The van der Waals surface area contributed by atoms with Crippen LogP contribution in [0.1, 0.15) is 71.6 Å². The Labute approximate surface area is 130 Å². The van der Waals surface area contributed by atoms with Gasteiger partial charge in [-0.3, -0.25) is 0 Å². The largest absolute Gasteiger partial charge is 0.198 e. The van der Waals surface area contributed by atoms with Gasteiger partial charge in [-0.05, 0) is 92.3 Å². The van der Waals surface area contributed by atoms with Crippen molar-refractivity contribution < 1.29 is 0 Å². The first kappa shape index (κ1) is 14.1. The Morgan fingerprint density at radius 2 is 1.71 bits per heavy atom. The van der Waals surface area contributed by atoms with Crippen LogP contribution in [0.25, 0.3) is 0 Å². The van der Waals surface area contributed by atoms with E-state index in [1.54, 1.807) is 0 Å². The fourth-order valence-electron chi connectivity index (χ4n) is 7.14. The third kappa shape index (κ3) is 2.08. The van der Waals surface area contributed by atoms with Gasteiger partial charge < -0.3 is 0 Å². The van der Waals surface area contributed by atoms with Crippen molar-refractivity contribution in [2.45, 2.75) is 71.6 Å². The van der Waals surface area contributed by atoms with Crippen molar-refractivity contribution in [1.29, 1.82) is 5.26 Å². The van der Waals surface area contributed by atoms with Crippen LogP contribution in [0.2, 0.25) is 0 Å². The molecule has 116 valence electrons.